The predicted molar refractivity (Wildman–Crippen MR) is 78.8 cm³/mol. The Morgan fingerprint density at radius 2 is 1.85 bits per heavy atom. The number of nitrogens with zero attached hydrogens (tertiary/aromatic N) is 1. The Morgan fingerprint density at radius 1 is 1.20 bits per heavy atom. The smallest absolute Gasteiger partial charge is 0.240 e. The Balaban J connectivity index is 2.00. The van der Waals surface area contributed by atoms with Crippen LogP contribution in [-0.2, 0) is 14.8 Å². The Bertz CT molecular complexity index is 426. The molecule has 20 heavy (non-hydrogen) atoms. The molecule has 1 amide bonds. The summed E-state index contributed by atoms with van der Waals surface area (Å²) in [6.07, 6.45) is 7.61. The Kier molecular flexibility index (Phi) is 5.43. The highest BCUT2D eigenvalue weighted by molar-refractivity contribution is 7.89. The first-order valence-corrected chi connectivity index (χ1v) is 9.46. The van der Waals surface area contributed by atoms with Crippen LogP contribution in [0.1, 0.15) is 51.9 Å². The van der Waals surface area contributed by atoms with Gasteiger partial charge in [-0.25, -0.2) is 13.1 Å². The van der Waals surface area contributed by atoms with Gasteiger partial charge in [0.25, 0.3) is 0 Å². The van der Waals surface area contributed by atoms with Gasteiger partial charge in [0.1, 0.15) is 6.04 Å². The zero-order chi connectivity index (χ0) is 14.6. The fraction of sp³-hybridized carbons (Fsp3) is 0.929. The van der Waals surface area contributed by atoms with Gasteiger partial charge >= 0.3 is 0 Å². The van der Waals surface area contributed by atoms with Crippen molar-refractivity contribution in [2.45, 2.75) is 57.9 Å². The molecule has 2 rings (SSSR count). The highest BCUT2D eigenvalue weighted by Gasteiger charge is 2.32. The topological polar surface area (TPSA) is 66.5 Å². The van der Waals surface area contributed by atoms with Gasteiger partial charge in [0.05, 0.1) is 5.75 Å². The van der Waals surface area contributed by atoms with Crippen LogP contribution in [0.25, 0.3) is 0 Å². The monoisotopic (exact) mass is 302 g/mol. The standard InChI is InChI=1S/C14H26N2O3S/c1-2-20(18,19)15-13(14(17)16-9-6-10-16)11-12-7-4-3-5-8-12/h12-13,15H,2-11H2,1H3. The largest absolute Gasteiger partial charge is 0.341 e. The molecule has 1 heterocycles. The molecule has 0 spiro atoms. The van der Waals surface area contributed by atoms with E-state index in [4.69, 9.17) is 0 Å². The summed E-state index contributed by atoms with van der Waals surface area (Å²) in [5, 5.41) is 0. The third kappa shape index (κ3) is 4.19. The summed E-state index contributed by atoms with van der Waals surface area (Å²) in [5.74, 6) is 0.485. The average Bonchev–Trinajstić information content (AvgIpc) is 2.37. The second-order valence-corrected chi connectivity index (χ2v) is 8.03. The number of hydrogen-bond donors (Lipinski definition) is 1. The summed E-state index contributed by atoms with van der Waals surface area (Å²) in [6.45, 7) is 3.15. The van der Waals surface area contributed by atoms with Gasteiger partial charge in [-0.1, -0.05) is 32.1 Å². The van der Waals surface area contributed by atoms with Crippen LogP contribution in [0.15, 0.2) is 0 Å². The lowest BCUT2D eigenvalue weighted by molar-refractivity contribution is -0.137. The maximum absolute atomic E-state index is 12.4. The van der Waals surface area contributed by atoms with Crippen LogP contribution in [0.4, 0.5) is 0 Å². The summed E-state index contributed by atoms with van der Waals surface area (Å²) in [4.78, 5) is 14.2. The number of amides is 1. The fourth-order valence-electron chi connectivity index (χ4n) is 3.01. The Hall–Kier alpha value is -0.620. The van der Waals surface area contributed by atoms with Crippen molar-refractivity contribution in [1.29, 1.82) is 0 Å². The van der Waals surface area contributed by atoms with E-state index in [0.29, 0.717) is 12.3 Å². The molecule has 0 aromatic carbocycles. The number of carbonyl (C=O) groups excluding carboxylic acids is 1. The molecule has 0 bridgehead atoms. The fourth-order valence-corrected chi connectivity index (χ4v) is 3.81. The molecule has 0 aromatic heterocycles. The quantitative estimate of drug-likeness (QED) is 0.808. The summed E-state index contributed by atoms with van der Waals surface area (Å²) < 4.78 is 26.2. The summed E-state index contributed by atoms with van der Waals surface area (Å²) >= 11 is 0. The number of rotatable bonds is 6. The summed E-state index contributed by atoms with van der Waals surface area (Å²) in [6, 6.07) is -0.552. The molecule has 1 saturated heterocycles. The Morgan fingerprint density at radius 3 is 2.35 bits per heavy atom. The van der Waals surface area contributed by atoms with E-state index < -0.39 is 16.1 Å². The van der Waals surface area contributed by atoms with Crippen molar-refractivity contribution >= 4 is 15.9 Å². The molecule has 5 nitrogen and oxygen atoms in total. The van der Waals surface area contributed by atoms with E-state index in [-0.39, 0.29) is 11.7 Å². The van der Waals surface area contributed by atoms with E-state index in [2.05, 4.69) is 4.72 Å². The first-order valence-electron chi connectivity index (χ1n) is 7.80. The summed E-state index contributed by atoms with van der Waals surface area (Å²) in [5.41, 5.74) is 0. The molecular weight excluding hydrogens is 276 g/mol. The van der Waals surface area contributed by atoms with E-state index in [0.717, 1.165) is 32.4 Å². The van der Waals surface area contributed by atoms with Gasteiger partial charge in [0.15, 0.2) is 0 Å². The van der Waals surface area contributed by atoms with Crippen molar-refractivity contribution < 1.29 is 13.2 Å². The summed E-state index contributed by atoms with van der Waals surface area (Å²) in [7, 11) is -3.33. The second-order valence-electron chi connectivity index (χ2n) is 5.99. The van der Waals surface area contributed by atoms with E-state index in [1.807, 2.05) is 0 Å². The van der Waals surface area contributed by atoms with Crippen molar-refractivity contribution in [2.75, 3.05) is 18.8 Å². The van der Waals surface area contributed by atoms with Crippen molar-refractivity contribution in [3.8, 4) is 0 Å². The highest BCUT2D eigenvalue weighted by atomic mass is 32.2. The van der Waals surface area contributed by atoms with Crippen molar-refractivity contribution in [2.24, 2.45) is 5.92 Å². The second kappa shape index (κ2) is 6.89. The molecule has 0 radical (unpaired) electrons. The first kappa shape index (κ1) is 15.8. The third-order valence-electron chi connectivity index (χ3n) is 4.46. The molecule has 1 aliphatic carbocycles. The van der Waals surface area contributed by atoms with Gasteiger partial charge in [-0.05, 0) is 25.7 Å². The molecule has 2 aliphatic rings. The van der Waals surface area contributed by atoms with E-state index in [9.17, 15) is 13.2 Å². The third-order valence-corrected chi connectivity index (χ3v) is 5.87. The van der Waals surface area contributed by atoms with Crippen molar-refractivity contribution in [3.63, 3.8) is 0 Å². The lowest BCUT2D eigenvalue weighted by Gasteiger charge is -2.35. The molecule has 2 fully saturated rings. The van der Waals surface area contributed by atoms with Gasteiger partial charge in [-0.2, -0.15) is 0 Å². The minimum atomic E-state index is -3.33. The molecule has 1 aliphatic heterocycles. The van der Waals surface area contributed by atoms with Crippen LogP contribution in [-0.4, -0.2) is 44.1 Å². The lowest BCUT2D eigenvalue weighted by atomic mass is 9.84. The SMILES string of the molecule is CCS(=O)(=O)NC(CC1CCCCC1)C(=O)N1CCC1. The maximum Gasteiger partial charge on any atom is 0.240 e. The minimum absolute atomic E-state index is 0.0288. The zero-order valence-electron chi connectivity index (χ0n) is 12.3. The van der Waals surface area contributed by atoms with E-state index in [1.54, 1.807) is 11.8 Å². The molecular formula is C14H26N2O3S. The van der Waals surface area contributed by atoms with Crippen LogP contribution < -0.4 is 4.72 Å². The lowest BCUT2D eigenvalue weighted by Crippen LogP contribution is -2.53. The molecule has 1 saturated carbocycles. The first-order chi connectivity index (χ1) is 9.52. The predicted octanol–water partition coefficient (Wildman–Crippen LogP) is 1.50. The number of sulfonamides is 1. The van der Waals surface area contributed by atoms with Crippen LogP contribution in [0.3, 0.4) is 0 Å². The molecule has 1 atom stereocenters. The molecule has 1 unspecified atom stereocenters. The zero-order valence-corrected chi connectivity index (χ0v) is 13.1. The van der Waals surface area contributed by atoms with Gasteiger partial charge in [-0.15, -0.1) is 0 Å². The maximum atomic E-state index is 12.4. The number of hydrogen-bond acceptors (Lipinski definition) is 3. The normalized spacial score (nSPS) is 22.4. The van der Waals surface area contributed by atoms with Gasteiger partial charge in [0, 0.05) is 13.1 Å². The highest BCUT2D eigenvalue weighted by Crippen LogP contribution is 2.28. The molecule has 116 valence electrons. The number of carbonyl (C=O) groups is 1. The molecule has 1 N–H and O–H groups in total. The number of nitrogens with one attached hydrogen (secondary N) is 1. The average molecular weight is 302 g/mol. The van der Waals surface area contributed by atoms with Crippen molar-refractivity contribution in [1.82, 2.24) is 9.62 Å². The van der Waals surface area contributed by atoms with E-state index in [1.165, 1.54) is 19.3 Å². The van der Waals surface area contributed by atoms with Crippen molar-refractivity contribution in [3.05, 3.63) is 0 Å². The van der Waals surface area contributed by atoms with Crippen LogP contribution >= 0.6 is 0 Å². The Labute approximate surface area is 122 Å². The van der Waals surface area contributed by atoms with Gasteiger partial charge in [-0.3, -0.25) is 4.79 Å². The molecule has 6 heteroatoms. The molecule has 0 aromatic rings. The van der Waals surface area contributed by atoms with Gasteiger partial charge in [0.2, 0.25) is 15.9 Å². The van der Waals surface area contributed by atoms with E-state index >= 15 is 0 Å². The van der Waals surface area contributed by atoms with Crippen LogP contribution in [0.2, 0.25) is 0 Å². The number of likely N-dealkylation sites (tertiary alicyclic amines) is 1. The van der Waals surface area contributed by atoms with Gasteiger partial charge < -0.3 is 4.90 Å². The van der Waals surface area contributed by atoms with Crippen LogP contribution in [0.5, 0.6) is 0 Å². The van der Waals surface area contributed by atoms with Crippen LogP contribution in [0, 0.1) is 5.92 Å². The minimum Gasteiger partial charge on any atom is -0.341 e.